The molecule has 2 heterocycles. The Bertz CT molecular complexity index is 630. The molecular weight excluding hydrogens is 310 g/mol. The average molecular weight is 331 g/mol. The van der Waals surface area contributed by atoms with Gasteiger partial charge in [-0.25, -0.2) is 9.59 Å². The second-order valence-corrected chi connectivity index (χ2v) is 5.97. The largest absolute Gasteiger partial charge is 0.463 e. The van der Waals surface area contributed by atoms with Crippen LogP contribution in [0.2, 0.25) is 0 Å². The number of hydrogen-bond donors (Lipinski definition) is 0. The van der Waals surface area contributed by atoms with E-state index in [-0.39, 0.29) is 18.7 Å². The lowest BCUT2D eigenvalue weighted by Crippen LogP contribution is -2.60. The van der Waals surface area contributed by atoms with E-state index in [2.05, 4.69) is 0 Å². The van der Waals surface area contributed by atoms with Crippen LogP contribution in [-0.2, 0) is 25.4 Å². The lowest BCUT2D eigenvalue weighted by molar-refractivity contribution is -0.137. The number of morpholine rings is 1. The molecule has 0 N–H and O–H groups in total. The Labute approximate surface area is 141 Å². The molecule has 24 heavy (non-hydrogen) atoms. The van der Waals surface area contributed by atoms with E-state index in [0.29, 0.717) is 26.2 Å². The summed E-state index contributed by atoms with van der Waals surface area (Å²) in [5.74, 6) is -0.434. The first-order valence-corrected chi connectivity index (χ1v) is 8.08. The smallest absolute Gasteiger partial charge is 0.411 e. The van der Waals surface area contributed by atoms with Crippen LogP contribution in [0.3, 0.4) is 0 Å². The summed E-state index contributed by atoms with van der Waals surface area (Å²) in [5.41, 5.74) is 0.373. The summed E-state index contributed by atoms with van der Waals surface area (Å²) in [5, 5.41) is 0. The van der Waals surface area contributed by atoms with E-state index in [4.69, 9.17) is 14.2 Å². The molecule has 0 bridgehead atoms. The second-order valence-electron chi connectivity index (χ2n) is 5.97. The summed E-state index contributed by atoms with van der Waals surface area (Å²) in [6, 6.07) is 9.79. The van der Waals surface area contributed by atoms with Gasteiger partial charge in [-0.3, -0.25) is 4.90 Å². The number of carbonyl (C=O) groups is 2. The van der Waals surface area contributed by atoms with Crippen molar-refractivity contribution in [1.29, 1.82) is 0 Å². The predicted octanol–water partition coefficient (Wildman–Crippen LogP) is 1.94. The third-order valence-electron chi connectivity index (χ3n) is 4.28. The van der Waals surface area contributed by atoms with Gasteiger partial charge in [0, 0.05) is 6.08 Å². The van der Waals surface area contributed by atoms with Gasteiger partial charge >= 0.3 is 12.1 Å². The molecule has 0 aromatic heterocycles. The molecule has 1 aromatic rings. The molecule has 6 heteroatoms. The average Bonchev–Trinajstić information content (AvgIpc) is 2.93. The molecule has 0 spiro atoms. The molecule has 2 saturated heterocycles. The van der Waals surface area contributed by atoms with Gasteiger partial charge in [-0.1, -0.05) is 30.3 Å². The van der Waals surface area contributed by atoms with Crippen LogP contribution in [0.4, 0.5) is 4.79 Å². The van der Waals surface area contributed by atoms with E-state index in [0.717, 1.165) is 5.56 Å². The SMILES string of the molecule is CCOC(=O)/C=C/[C@@]12COC[C@H](Cc3ccccc3)N1C(=O)OC2. The summed E-state index contributed by atoms with van der Waals surface area (Å²) >= 11 is 0. The summed E-state index contributed by atoms with van der Waals surface area (Å²) < 4.78 is 15.9. The Hall–Kier alpha value is -2.34. The molecular formula is C18H21NO5. The first-order chi connectivity index (χ1) is 11.6. The highest BCUT2D eigenvalue weighted by molar-refractivity contribution is 5.82. The third-order valence-corrected chi connectivity index (χ3v) is 4.28. The van der Waals surface area contributed by atoms with E-state index < -0.39 is 11.5 Å². The van der Waals surface area contributed by atoms with E-state index >= 15 is 0 Å². The Kier molecular flexibility index (Phi) is 4.85. The minimum atomic E-state index is -0.748. The zero-order valence-electron chi connectivity index (χ0n) is 13.6. The lowest BCUT2D eigenvalue weighted by Gasteiger charge is -2.42. The zero-order valence-corrected chi connectivity index (χ0v) is 13.6. The molecule has 0 saturated carbocycles. The van der Waals surface area contributed by atoms with E-state index in [1.165, 1.54) is 6.08 Å². The van der Waals surface area contributed by atoms with Crippen LogP contribution in [0, 0.1) is 0 Å². The van der Waals surface area contributed by atoms with Gasteiger partial charge < -0.3 is 14.2 Å². The van der Waals surface area contributed by atoms with Gasteiger partial charge in [0.15, 0.2) is 0 Å². The van der Waals surface area contributed by atoms with E-state index in [1.807, 2.05) is 30.3 Å². The maximum absolute atomic E-state index is 12.3. The Balaban J connectivity index is 1.81. The summed E-state index contributed by atoms with van der Waals surface area (Å²) in [6.07, 6.45) is 3.33. The summed E-state index contributed by atoms with van der Waals surface area (Å²) in [6.45, 7) is 2.98. The van der Waals surface area contributed by atoms with Gasteiger partial charge in [0.1, 0.15) is 12.1 Å². The fourth-order valence-corrected chi connectivity index (χ4v) is 3.20. The molecule has 1 aromatic carbocycles. The number of amides is 1. The normalized spacial score (nSPS) is 26.3. The van der Waals surface area contributed by atoms with Crippen molar-refractivity contribution in [2.75, 3.05) is 26.4 Å². The molecule has 2 fully saturated rings. The monoisotopic (exact) mass is 331 g/mol. The number of ether oxygens (including phenoxy) is 3. The highest BCUT2D eigenvalue weighted by Gasteiger charge is 2.52. The fraction of sp³-hybridized carbons (Fsp3) is 0.444. The lowest BCUT2D eigenvalue weighted by atomic mass is 9.93. The minimum Gasteiger partial charge on any atom is -0.463 e. The standard InChI is InChI=1S/C18H21NO5/c1-2-23-16(20)8-9-18-12-22-11-15(19(18)17(21)24-13-18)10-14-6-4-3-5-7-14/h3-9,15H,2,10-13H2,1H3/b9-8+/t15-,18-/m0/s1. The molecule has 0 radical (unpaired) electrons. The highest BCUT2D eigenvalue weighted by atomic mass is 16.6. The van der Waals surface area contributed by atoms with Crippen LogP contribution >= 0.6 is 0 Å². The number of nitrogens with zero attached hydrogens (tertiary/aromatic N) is 1. The maximum Gasteiger partial charge on any atom is 0.411 e. The van der Waals surface area contributed by atoms with Crippen molar-refractivity contribution in [3.8, 4) is 0 Å². The first-order valence-electron chi connectivity index (χ1n) is 8.08. The Morgan fingerprint density at radius 1 is 1.38 bits per heavy atom. The van der Waals surface area contributed by atoms with Crippen molar-refractivity contribution >= 4 is 12.1 Å². The molecule has 2 aliphatic rings. The molecule has 0 unspecified atom stereocenters. The topological polar surface area (TPSA) is 65.1 Å². The number of esters is 1. The number of cyclic esters (lactones) is 1. The molecule has 2 aliphatic heterocycles. The summed E-state index contributed by atoms with van der Waals surface area (Å²) in [4.78, 5) is 25.6. The minimum absolute atomic E-state index is 0.136. The molecule has 0 aliphatic carbocycles. The number of carbonyl (C=O) groups excluding carboxylic acids is 2. The van der Waals surface area contributed by atoms with E-state index in [1.54, 1.807) is 17.9 Å². The Morgan fingerprint density at radius 2 is 2.17 bits per heavy atom. The van der Waals surface area contributed by atoms with Gasteiger partial charge in [-0.15, -0.1) is 0 Å². The van der Waals surface area contributed by atoms with Gasteiger partial charge in [-0.05, 0) is 25.0 Å². The van der Waals surface area contributed by atoms with Crippen molar-refractivity contribution in [3.63, 3.8) is 0 Å². The van der Waals surface area contributed by atoms with Crippen LogP contribution in [-0.4, -0.2) is 55.0 Å². The number of hydrogen-bond acceptors (Lipinski definition) is 5. The van der Waals surface area contributed by atoms with Crippen LogP contribution in [0.15, 0.2) is 42.5 Å². The highest BCUT2D eigenvalue weighted by Crippen LogP contribution is 2.33. The predicted molar refractivity (Wildman–Crippen MR) is 86.4 cm³/mol. The van der Waals surface area contributed by atoms with Gasteiger partial charge in [0.05, 0.1) is 25.9 Å². The van der Waals surface area contributed by atoms with Crippen molar-refractivity contribution < 1.29 is 23.8 Å². The van der Waals surface area contributed by atoms with Crippen LogP contribution in [0.5, 0.6) is 0 Å². The number of fused-ring (bicyclic) bond motifs is 1. The maximum atomic E-state index is 12.3. The Morgan fingerprint density at radius 3 is 2.92 bits per heavy atom. The van der Waals surface area contributed by atoms with Crippen molar-refractivity contribution in [2.24, 2.45) is 0 Å². The van der Waals surface area contributed by atoms with Crippen LogP contribution in [0.1, 0.15) is 12.5 Å². The number of rotatable bonds is 5. The number of benzene rings is 1. The molecule has 3 rings (SSSR count). The molecule has 1 amide bonds. The third kappa shape index (κ3) is 3.28. The van der Waals surface area contributed by atoms with Gasteiger partial charge in [-0.2, -0.15) is 0 Å². The van der Waals surface area contributed by atoms with Crippen molar-refractivity contribution in [2.45, 2.75) is 24.9 Å². The second kappa shape index (κ2) is 7.05. The van der Waals surface area contributed by atoms with Crippen molar-refractivity contribution in [1.82, 2.24) is 4.90 Å². The van der Waals surface area contributed by atoms with Crippen LogP contribution < -0.4 is 0 Å². The quantitative estimate of drug-likeness (QED) is 0.609. The van der Waals surface area contributed by atoms with Gasteiger partial charge in [0.2, 0.25) is 0 Å². The molecule has 128 valence electrons. The van der Waals surface area contributed by atoms with Crippen molar-refractivity contribution in [3.05, 3.63) is 48.0 Å². The zero-order chi connectivity index (χ0) is 17.0. The van der Waals surface area contributed by atoms with Crippen LogP contribution in [0.25, 0.3) is 0 Å². The fourth-order valence-electron chi connectivity index (χ4n) is 3.20. The van der Waals surface area contributed by atoms with Gasteiger partial charge in [0.25, 0.3) is 0 Å². The molecule has 2 atom stereocenters. The first kappa shape index (κ1) is 16.5. The van der Waals surface area contributed by atoms with E-state index in [9.17, 15) is 9.59 Å². The summed E-state index contributed by atoms with van der Waals surface area (Å²) in [7, 11) is 0. The molecule has 6 nitrogen and oxygen atoms in total.